The molecule has 0 aromatic carbocycles. The fraction of sp³-hybridized carbons (Fsp3) is 0.833. The fourth-order valence-corrected chi connectivity index (χ4v) is 3.10. The van der Waals surface area contributed by atoms with Gasteiger partial charge in [0.2, 0.25) is 0 Å². The molecule has 0 aliphatic carbocycles. The number of carbonyl (C=O) groups is 1. The number of hydrogen-bond acceptors (Lipinski definition) is 6. The third-order valence-electron chi connectivity index (χ3n) is 3.62. The van der Waals surface area contributed by atoms with E-state index in [-0.39, 0.29) is 11.6 Å². The summed E-state index contributed by atoms with van der Waals surface area (Å²) >= 11 is 2.15. The van der Waals surface area contributed by atoms with Gasteiger partial charge in [0.1, 0.15) is 5.60 Å². The predicted molar refractivity (Wildman–Crippen MR) is 90.0 cm³/mol. The molecule has 2 heterocycles. The zero-order valence-electron chi connectivity index (χ0n) is 12.3. The van der Waals surface area contributed by atoms with Crippen LogP contribution < -0.4 is 4.83 Å². The Balaban J connectivity index is 1.90. The number of rotatable bonds is 2. The van der Waals surface area contributed by atoms with Crippen LogP contribution in [0.2, 0.25) is 0 Å². The second kappa shape index (κ2) is 5.88. The third-order valence-corrected chi connectivity index (χ3v) is 4.37. The molecule has 2 aliphatic rings. The average Bonchev–Trinajstić information content (AvgIpc) is 2.59. The van der Waals surface area contributed by atoms with Gasteiger partial charge in [-0.2, -0.15) is 5.10 Å². The van der Waals surface area contributed by atoms with Gasteiger partial charge >= 0.3 is 6.09 Å². The minimum Gasteiger partial charge on any atom is -0.444 e. The SMILES string of the molecule is CN1C/C(=N\NSI)CC12CN(C(=O)OC(C)(C)C)C2. The van der Waals surface area contributed by atoms with Crippen molar-refractivity contribution >= 4 is 42.1 Å². The van der Waals surface area contributed by atoms with E-state index in [9.17, 15) is 4.79 Å². The van der Waals surface area contributed by atoms with Gasteiger partial charge in [0, 0.05) is 56.4 Å². The molecule has 8 heteroatoms. The van der Waals surface area contributed by atoms with E-state index >= 15 is 0 Å². The molecule has 0 unspecified atom stereocenters. The molecule has 0 bridgehead atoms. The van der Waals surface area contributed by atoms with Crippen molar-refractivity contribution in [2.45, 2.75) is 38.3 Å². The smallest absolute Gasteiger partial charge is 0.410 e. The van der Waals surface area contributed by atoms with Gasteiger partial charge in [-0.25, -0.2) is 9.63 Å². The first-order valence-corrected chi connectivity index (χ1v) is 9.89. The van der Waals surface area contributed by atoms with Crippen LogP contribution >= 0.6 is 30.3 Å². The number of carbonyl (C=O) groups excluding carboxylic acids is 1. The molecule has 0 aromatic rings. The van der Waals surface area contributed by atoms with Gasteiger partial charge in [-0.3, -0.25) is 4.90 Å². The van der Waals surface area contributed by atoms with Crippen LogP contribution in [0.1, 0.15) is 27.2 Å². The topological polar surface area (TPSA) is 57.2 Å². The van der Waals surface area contributed by atoms with Crippen LogP contribution in [0.15, 0.2) is 5.10 Å². The summed E-state index contributed by atoms with van der Waals surface area (Å²) < 4.78 is 5.39. The molecule has 1 spiro atoms. The van der Waals surface area contributed by atoms with Crippen molar-refractivity contribution in [1.29, 1.82) is 0 Å². The lowest BCUT2D eigenvalue weighted by atomic mass is 9.87. The maximum atomic E-state index is 12.0. The largest absolute Gasteiger partial charge is 0.444 e. The van der Waals surface area contributed by atoms with E-state index in [2.05, 4.69) is 43.1 Å². The first kappa shape index (κ1) is 16.2. The number of likely N-dealkylation sites (N-methyl/N-ethyl adjacent to an activating group) is 1. The summed E-state index contributed by atoms with van der Waals surface area (Å²) in [6.07, 6.45) is 0.690. The Hall–Kier alpha value is -0.220. The van der Waals surface area contributed by atoms with E-state index in [1.165, 1.54) is 9.12 Å². The molecule has 0 radical (unpaired) electrons. The van der Waals surface area contributed by atoms with Crippen molar-refractivity contribution in [2.24, 2.45) is 5.10 Å². The van der Waals surface area contributed by atoms with Crippen molar-refractivity contribution < 1.29 is 9.53 Å². The number of ether oxygens (including phenoxy) is 1. The third kappa shape index (κ3) is 3.51. The summed E-state index contributed by atoms with van der Waals surface area (Å²) in [5, 5.41) is 4.34. The number of nitrogens with zero attached hydrogens (tertiary/aromatic N) is 3. The Kier molecular flexibility index (Phi) is 4.75. The average molecular weight is 412 g/mol. The molecule has 114 valence electrons. The van der Waals surface area contributed by atoms with Crippen molar-refractivity contribution in [2.75, 3.05) is 26.7 Å². The molecule has 6 nitrogen and oxygen atoms in total. The number of halogens is 1. The van der Waals surface area contributed by atoms with Gasteiger partial charge in [-0.05, 0) is 27.8 Å². The van der Waals surface area contributed by atoms with Gasteiger partial charge in [0.15, 0.2) is 0 Å². The standard InChI is InChI=1S/C12H21IN4O2S/c1-11(2,3)19-10(18)17-7-12(8-17)5-9(6-16(12)4)14-15-20-13/h15H,5-8H2,1-4H3/b14-9-. The maximum Gasteiger partial charge on any atom is 0.410 e. The summed E-state index contributed by atoms with van der Waals surface area (Å²) in [4.78, 5) is 19.0. The molecule has 1 amide bonds. The molecule has 20 heavy (non-hydrogen) atoms. The summed E-state index contributed by atoms with van der Waals surface area (Å²) in [6, 6.07) is 0. The van der Waals surface area contributed by atoms with Gasteiger partial charge < -0.3 is 9.64 Å². The van der Waals surface area contributed by atoms with E-state index < -0.39 is 5.60 Å². The molecule has 2 rings (SSSR count). The zero-order valence-corrected chi connectivity index (χ0v) is 15.2. The highest BCUT2D eigenvalue weighted by molar-refractivity contribution is 14.2. The van der Waals surface area contributed by atoms with Crippen LogP contribution in [-0.4, -0.2) is 59.4 Å². The lowest BCUT2D eigenvalue weighted by molar-refractivity contribution is -0.0406. The Bertz CT molecular complexity index is 418. The van der Waals surface area contributed by atoms with Gasteiger partial charge in [-0.1, -0.05) is 0 Å². The highest BCUT2D eigenvalue weighted by atomic mass is 127. The van der Waals surface area contributed by atoms with E-state index in [0.29, 0.717) is 0 Å². The van der Waals surface area contributed by atoms with Crippen molar-refractivity contribution in [3.05, 3.63) is 0 Å². The van der Waals surface area contributed by atoms with Gasteiger partial charge in [0.25, 0.3) is 0 Å². The van der Waals surface area contributed by atoms with E-state index in [1.807, 2.05) is 20.8 Å². The van der Waals surface area contributed by atoms with Crippen LogP contribution in [0.5, 0.6) is 0 Å². The molecule has 2 aliphatic heterocycles. The van der Waals surface area contributed by atoms with Crippen molar-refractivity contribution in [3.63, 3.8) is 0 Å². The van der Waals surface area contributed by atoms with Gasteiger partial charge in [-0.15, -0.1) is 0 Å². The number of hydrazone groups is 1. The molecule has 1 N–H and O–H groups in total. The first-order chi connectivity index (χ1) is 9.26. The molecule has 2 fully saturated rings. The lowest BCUT2D eigenvalue weighted by Crippen LogP contribution is -2.68. The summed E-state index contributed by atoms with van der Waals surface area (Å²) in [6.45, 7) is 7.96. The van der Waals surface area contributed by atoms with Crippen LogP contribution in [0.3, 0.4) is 0 Å². The minimum atomic E-state index is -0.435. The summed E-state index contributed by atoms with van der Waals surface area (Å²) in [5.41, 5.74) is 0.753. The van der Waals surface area contributed by atoms with Crippen molar-refractivity contribution in [3.8, 4) is 0 Å². The zero-order chi connectivity index (χ0) is 15.0. The Morgan fingerprint density at radius 1 is 1.50 bits per heavy atom. The van der Waals surface area contributed by atoms with E-state index in [4.69, 9.17) is 4.74 Å². The predicted octanol–water partition coefficient (Wildman–Crippen LogP) is 2.26. The maximum absolute atomic E-state index is 12.0. The molecule has 2 saturated heterocycles. The fourth-order valence-electron chi connectivity index (χ4n) is 2.64. The highest BCUT2D eigenvalue weighted by Crippen LogP contribution is 2.36. The van der Waals surface area contributed by atoms with Crippen LogP contribution in [-0.2, 0) is 4.74 Å². The number of hydrogen-bond donors (Lipinski definition) is 1. The minimum absolute atomic E-state index is 0.0490. The Labute approximate surface area is 136 Å². The van der Waals surface area contributed by atoms with Crippen LogP contribution in [0.4, 0.5) is 4.79 Å². The Morgan fingerprint density at radius 2 is 2.15 bits per heavy atom. The molecule has 0 saturated carbocycles. The van der Waals surface area contributed by atoms with E-state index in [1.54, 1.807) is 4.90 Å². The molecular weight excluding hydrogens is 391 g/mol. The number of likely N-dealkylation sites (tertiary alicyclic amines) is 2. The molecular formula is C12H21IN4O2S. The first-order valence-electron chi connectivity index (χ1n) is 6.53. The monoisotopic (exact) mass is 412 g/mol. The number of nitrogens with one attached hydrogen (secondary N) is 1. The molecule has 0 atom stereocenters. The number of amides is 1. The van der Waals surface area contributed by atoms with E-state index in [0.717, 1.165) is 31.8 Å². The second-order valence-corrected chi connectivity index (χ2v) is 8.10. The highest BCUT2D eigenvalue weighted by Gasteiger charge is 2.53. The second-order valence-electron chi connectivity index (χ2n) is 6.44. The lowest BCUT2D eigenvalue weighted by Gasteiger charge is -2.51. The van der Waals surface area contributed by atoms with Gasteiger partial charge in [0.05, 0.1) is 11.3 Å². The summed E-state index contributed by atoms with van der Waals surface area (Å²) in [7, 11) is 3.55. The van der Waals surface area contributed by atoms with Crippen molar-refractivity contribution in [1.82, 2.24) is 14.6 Å². The van der Waals surface area contributed by atoms with Crippen LogP contribution in [0.25, 0.3) is 0 Å². The van der Waals surface area contributed by atoms with Crippen LogP contribution in [0, 0.1) is 0 Å². The Morgan fingerprint density at radius 3 is 2.70 bits per heavy atom. The quantitative estimate of drug-likeness (QED) is 0.429. The molecule has 0 aromatic heterocycles. The summed E-state index contributed by atoms with van der Waals surface area (Å²) in [5.74, 6) is 0. The normalized spacial score (nSPS) is 24.1.